The third-order valence-electron chi connectivity index (χ3n) is 3.98. The number of aromatic carboxylic acids is 1. The Bertz CT molecular complexity index is 946. The fraction of sp³-hybridized carbons (Fsp3) is 0.222. The Balaban J connectivity index is 2.06. The zero-order chi connectivity index (χ0) is 18.1. The van der Waals surface area contributed by atoms with Crippen LogP contribution in [0.1, 0.15) is 34.1 Å². The lowest BCUT2D eigenvalue weighted by Gasteiger charge is -2.11. The summed E-state index contributed by atoms with van der Waals surface area (Å²) in [7, 11) is 0. The summed E-state index contributed by atoms with van der Waals surface area (Å²) in [6.45, 7) is 3.17. The van der Waals surface area contributed by atoms with E-state index in [-0.39, 0.29) is 23.6 Å². The largest absolute Gasteiger partial charge is 0.478 e. The van der Waals surface area contributed by atoms with Crippen molar-refractivity contribution in [3.05, 3.63) is 64.4 Å². The molecule has 0 fully saturated rings. The van der Waals surface area contributed by atoms with E-state index in [9.17, 15) is 18.7 Å². The van der Waals surface area contributed by atoms with Crippen molar-refractivity contribution in [2.24, 2.45) is 0 Å². The van der Waals surface area contributed by atoms with Gasteiger partial charge in [0.1, 0.15) is 23.8 Å². The van der Waals surface area contributed by atoms with E-state index in [0.29, 0.717) is 17.6 Å². The molecule has 130 valence electrons. The fourth-order valence-electron chi connectivity index (χ4n) is 2.67. The number of nitrogens with zero attached hydrogens (tertiary/aromatic N) is 2. The molecule has 0 aliphatic carbocycles. The number of carboxylic acid groups (broad SMARTS) is 1. The molecule has 0 spiro atoms. The van der Waals surface area contributed by atoms with Gasteiger partial charge in [0.2, 0.25) is 5.88 Å². The van der Waals surface area contributed by atoms with E-state index in [2.05, 4.69) is 5.10 Å². The van der Waals surface area contributed by atoms with Crippen LogP contribution in [0.3, 0.4) is 0 Å². The lowest BCUT2D eigenvalue weighted by Crippen LogP contribution is -2.06. The van der Waals surface area contributed by atoms with Gasteiger partial charge in [0.05, 0.1) is 16.8 Å². The maximum atomic E-state index is 13.8. The van der Waals surface area contributed by atoms with Gasteiger partial charge in [0, 0.05) is 6.07 Å². The predicted molar refractivity (Wildman–Crippen MR) is 87.0 cm³/mol. The van der Waals surface area contributed by atoms with E-state index in [0.717, 1.165) is 17.7 Å². The van der Waals surface area contributed by atoms with Crippen LogP contribution in [0.4, 0.5) is 8.78 Å². The highest BCUT2D eigenvalue weighted by Gasteiger charge is 2.19. The van der Waals surface area contributed by atoms with Gasteiger partial charge in [0.25, 0.3) is 0 Å². The second-order valence-corrected chi connectivity index (χ2v) is 5.61. The summed E-state index contributed by atoms with van der Waals surface area (Å²) < 4.78 is 34.5. The summed E-state index contributed by atoms with van der Waals surface area (Å²) in [5.74, 6) is -2.27. The third kappa shape index (κ3) is 3.05. The number of aryl methyl sites for hydroxylation is 2. The molecule has 7 heteroatoms. The number of pyridine rings is 1. The number of carboxylic acids is 1. The van der Waals surface area contributed by atoms with Crippen molar-refractivity contribution in [2.45, 2.75) is 26.9 Å². The average Bonchev–Trinajstić information content (AvgIpc) is 2.90. The zero-order valence-electron chi connectivity index (χ0n) is 13.7. The summed E-state index contributed by atoms with van der Waals surface area (Å²) in [5, 5.41) is 13.6. The summed E-state index contributed by atoms with van der Waals surface area (Å²) in [6.07, 6.45) is 0.643. The summed E-state index contributed by atoms with van der Waals surface area (Å²) in [5.41, 5.74) is 1.44. The third-order valence-corrected chi connectivity index (χ3v) is 3.98. The highest BCUT2D eigenvalue weighted by atomic mass is 19.1. The van der Waals surface area contributed by atoms with Crippen LogP contribution < -0.4 is 4.74 Å². The molecule has 0 bridgehead atoms. The molecule has 1 N–H and O–H groups in total. The normalized spacial score (nSPS) is 11.0. The van der Waals surface area contributed by atoms with Crippen molar-refractivity contribution in [3.8, 4) is 5.88 Å². The van der Waals surface area contributed by atoms with Gasteiger partial charge in [-0.05, 0) is 37.1 Å². The molecule has 0 atom stereocenters. The molecule has 0 radical (unpaired) electrons. The monoisotopic (exact) mass is 346 g/mol. The van der Waals surface area contributed by atoms with Crippen molar-refractivity contribution >= 4 is 11.5 Å². The maximum Gasteiger partial charge on any atom is 0.339 e. The highest BCUT2D eigenvalue weighted by Crippen LogP contribution is 2.25. The summed E-state index contributed by atoms with van der Waals surface area (Å²) >= 11 is 0. The molecule has 1 aromatic carbocycles. The van der Waals surface area contributed by atoms with Crippen LogP contribution in [0, 0.1) is 18.6 Å². The Morgan fingerprint density at radius 3 is 2.56 bits per heavy atom. The number of halogens is 2. The van der Waals surface area contributed by atoms with Crippen LogP contribution >= 0.6 is 0 Å². The van der Waals surface area contributed by atoms with E-state index in [1.807, 2.05) is 6.92 Å². The van der Waals surface area contributed by atoms with Crippen molar-refractivity contribution in [3.63, 3.8) is 0 Å². The minimum atomic E-state index is -1.09. The molecule has 0 amide bonds. The van der Waals surface area contributed by atoms with Crippen molar-refractivity contribution < 1.29 is 23.4 Å². The van der Waals surface area contributed by atoms with Crippen LogP contribution in [0.2, 0.25) is 0 Å². The summed E-state index contributed by atoms with van der Waals surface area (Å²) in [4.78, 5) is 11.5. The van der Waals surface area contributed by atoms with Gasteiger partial charge < -0.3 is 9.84 Å². The fourth-order valence-corrected chi connectivity index (χ4v) is 2.67. The number of benzene rings is 1. The number of aromatic nitrogens is 2. The standard InChI is InChI=1S/C18H16F2N2O3/c1-3-11-7-15-17(18(23)24)10(2)21-22(15)16(8-11)25-9-12-13(19)5-4-6-14(12)20/h4-8H,3,9H2,1-2H3,(H,23,24). The van der Waals surface area contributed by atoms with Crippen LogP contribution in [-0.2, 0) is 13.0 Å². The van der Waals surface area contributed by atoms with Gasteiger partial charge in [-0.25, -0.2) is 13.6 Å². The molecule has 25 heavy (non-hydrogen) atoms. The average molecular weight is 346 g/mol. The number of ether oxygens (including phenoxy) is 1. The number of rotatable bonds is 5. The van der Waals surface area contributed by atoms with Crippen LogP contribution in [-0.4, -0.2) is 20.7 Å². The van der Waals surface area contributed by atoms with E-state index in [1.165, 1.54) is 10.6 Å². The number of carbonyl (C=O) groups is 1. The molecule has 0 aliphatic heterocycles. The van der Waals surface area contributed by atoms with E-state index in [4.69, 9.17) is 4.74 Å². The highest BCUT2D eigenvalue weighted by molar-refractivity contribution is 5.97. The smallest absolute Gasteiger partial charge is 0.339 e. The lowest BCUT2D eigenvalue weighted by molar-refractivity contribution is 0.0698. The van der Waals surface area contributed by atoms with E-state index < -0.39 is 17.6 Å². The molecule has 0 unspecified atom stereocenters. The maximum absolute atomic E-state index is 13.8. The minimum Gasteiger partial charge on any atom is -0.478 e. The van der Waals surface area contributed by atoms with E-state index in [1.54, 1.807) is 19.1 Å². The number of fused-ring (bicyclic) bond motifs is 1. The van der Waals surface area contributed by atoms with Crippen LogP contribution in [0.15, 0.2) is 30.3 Å². The SMILES string of the molecule is CCc1cc(OCc2c(F)cccc2F)n2nc(C)c(C(=O)O)c2c1. The van der Waals surface area contributed by atoms with Gasteiger partial charge in [0.15, 0.2) is 0 Å². The predicted octanol–water partition coefficient (Wildman–Crippen LogP) is 3.76. The number of hydrogen-bond acceptors (Lipinski definition) is 3. The topological polar surface area (TPSA) is 63.8 Å². The molecule has 2 heterocycles. The first kappa shape index (κ1) is 16.9. The zero-order valence-corrected chi connectivity index (χ0v) is 13.7. The van der Waals surface area contributed by atoms with E-state index >= 15 is 0 Å². The van der Waals surface area contributed by atoms with Gasteiger partial charge >= 0.3 is 5.97 Å². The Labute approximate surface area is 142 Å². The molecule has 0 saturated heterocycles. The molecule has 3 aromatic rings. The van der Waals surface area contributed by atoms with Gasteiger partial charge in [-0.2, -0.15) is 9.61 Å². The first-order valence-corrected chi connectivity index (χ1v) is 7.73. The molecule has 2 aromatic heterocycles. The Morgan fingerprint density at radius 2 is 1.96 bits per heavy atom. The Morgan fingerprint density at radius 1 is 1.28 bits per heavy atom. The lowest BCUT2D eigenvalue weighted by atomic mass is 10.1. The second-order valence-electron chi connectivity index (χ2n) is 5.61. The Hall–Kier alpha value is -2.96. The minimum absolute atomic E-state index is 0.0808. The molecule has 0 saturated carbocycles. The van der Waals surface area contributed by atoms with Crippen molar-refractivity contribution in [1.29, 1.82) is 0 Å². The van der Waals surface area contributed by atoms with Gasteiger partial charge in [-0.15, -0.1) is 0 Å². The van der Waals surface area contributed by atoms with Gasteiger partial charge in [-0.3, -0.25) is 0 Å². The summed E-state index contributed by atoms with van der Waals surface area (Å²) in [6, 6.07) is 6.99. The van der Waals surface area contributed by atoms with Gasteiger partial charge in [-0.1, -0.05) is 13.0 Å². The molecule has 5 nitrogen and oxygen atoms in total. The molecule has 3 rings (SSSR count). The molecular weight excluding hydrogens is 330 g/mol. The first-order valence-electron chi connectivity index (χ1n) is 7.73. The van der Waals surface area contributed by atoms with Crippen LogP contribution in [0.25, 0.3) is 5.52 Å². The van der Waals surface area contributed by atoms with Crippen molar-refractivity contribution in [1.82, 2.24) is 9.61 Å². The Kier molecular flexibility index (Phi) is 4.39. The molecular formula is C18H16F2N2O3. The number of hydrogen-bond donors (Lipinski definition) is 1. The molecule has 0 aliphatic rings. The quantitative estimate of drug-likeness (QED) is 0.764. The second kappa shape index (κ2) is 6.51. The van der Waals surface area contributed by atoms with Crippen LogP contribution in [0.5, 0.6) is 5.88 Å². The van der Waals surface area contributed by atoms with Crippen molar-refractivity contribution in [2.75, 3.05) is 0 Å². The first-order chi connectivity index (χ1) is 11.9.